The number of nitrogens with one attached hydrogen (secondary N) is 2. The molecule has 0 saturated carbocycles. The van der Waals surface area contributed by atoms with Gasteiger partial charge in [0.2, 0.25) is 5.91 Å². The molecule has 7 nitrogen and oxygen atoms in total. The van der Waals surface area contributed by atoms with E-state index < -0.39 is 0 Å². The van der Waals surface area contributed by atoms with Gasteiger partial charge in [0.25, 0.3) is 5.91 Å². The van der Waals surface area contributed by atoms with Crippen molar-refractivity contribution in [2.24, 2.45) is 13.0 Å². The molecule has 0 aliphatic heterocycles. The molecule has 2 aromatic carbocycles. The van der Waals surface area contributed by atoms with E-state index in [9.17, 15) is 9.59 Å². The fourth-order valence-corrected chi connectivity index (χ4v) is 4.19. The molecule has 0 aliphatic rings. The Morgan fingerprint density at radius 3 is 2.45 bits per heavy atom. The van der Waals surface area contributed by atoms with Gasteiger partial charge in [-0.25, -0.2) is 0 Å². The lowest BCUT2D eigenvalue weighted by Crippen LogP contribution is -2.33. The summed E-state index contributed by atoms with van der Waals surface area (Å²) in [5.41, 5.74) is 2.44. The average Bonchev–Trinajstić information content (AvgIpc) is 3.16. The zero-order chi connectivity index (χ0) is 24.0. The Labute approximate surface area is 203 Å². The SMILES string of the molecule is CCc1ccccc1NC(=O)CSc1nnc([C@@H](NC(=O)c2ccc(Cl)cc2)C(C)C)n1C. The highest BCUT2D eigenvalue weighted by Crippen LogP contribution is 2.25. The lowest BCUT2D eigenvalue weighted by molar-refractivity contribution is -0.113. The van der Waals surface area contributed by atoms with Gasteiger partial charge in [-0.15, -0.1) is 10.2 Å². The molecule has 1 atom stereocenters. The number of para-hydroxylation sites is 1. The highest BCUT2D eigenvalue weighted by atomic mass is 35.5. The maximum Gasteiger partial charge on any atom is 0.251 e. The zero-order valence-corrected chi connectivity index (χ0v) is 20.7. The number of anilines is 1. The van der Waals surface area contributed by atoms with Gasteiger partial charge in [-0.1, -0.05) is 62.3 Å². The first-order valence-corrected chi connectivity index (χ1v) is 12.1. The van der Waals surface area contributed by atoms with Crippen molar-refractivity contribution < 1.29 is 9.59 Å². The summed E-state index contributed by atoms with van der Waals surface area (Å²) in [4.78, 5) is 25.2. The monoisotopic (exact) mass is 485 g/mol. The normalized spacial score (nSPS) is 11.9. The number of nitrogens with zero attached hydrogens (tertiary/aromatic N) is 3. The van der Waals surface area contributed by atoms with Gasteiger partial charge in [-0.2, -0.15) is 0 Å². The second-order valence-corrected chi connectivity index (χ2v) is 9.33. The quantitative estimate of drug-likeness (QED) is 0.421. The number of hydrogen-bond acceptors (Lipinski definition) is 5. The van der Waals surface area contributed by atoms with E-state index in [1.807, 2.05) is 49.7 Å². The van der Waals surface area contributed by atoms with E-state index in [0.29, 0.717) is 21.6 Å². The van der Waals surface area contributed by atoms with Crippen LogP contribution < -0.4 is 10.6 Å². The smallest absolute Gasteiger partial charge is 0.251 e. The molecule has 0 spiro atoms. The molecule has 1 aromatic heterocycles. The summed E-state index contributed by atoms with van der Waals surface area (Å²) in [7, 11) is 1.84. The van der Waals surface area contributed by atoms with Crippen LogP contribution in [0.4, 0.5) is 5.69 Å². The van der Waals surface area contributed by atoms with Crippen molar-refractivity contribution in [3.63, 3.8) is 0 Å². The minimum absolute atomic E-state index is 0.0795. The predicted molar refractivity (Wildman–Crippen MR) is 133 cm³/mol. The maximum absolute atomic E-state index is 12.7. The number of carbonyl (C=O) groups is 2. The lowest BCUT2D eigenvalue weighted by atomic mass is 10.0. The molecule has 1 heterocycles. The highest BCUT2D eigenvalue weighted by molar-refractivity contribution is 7.99. The molecule has 0 aliphatic carbocycles. The summed E-state index contributed by atoms with van der Waals surface area (Å²) < 4.78 is 1.82. The molecule has 3 rings (SSSR count). The van der Waals surface area contributed by atoms with Crippen LogP contribution in [0.5, 0.6) is 0 Å². The average molecular weight is 486 g/mol. The first-order valence-electron chi connectivity index (χ1n) is 10.8. The van der Waals surface area contributed by atoms with E-state index >= 15 is 0 Å². The summed E-state index contributed by atoms with van der Waals surface area (Å²) in [5, 5.41) is 15.7. The van der Waals surface area contributed by atoms with E-state index in [4.69, 9.17) is 11.6 Å². The minimum atomic E-state index is -0.342. The molecular weight excluding hydrogens is 458 g/mol. The first kappa shape index (κ1) is 24.8. The number of rotatable bonds is 9. The van der Waals surface area contributed by atoms with Crippen molar-refractivity contribution in [1.29, 1.82) is 0 Å². The molecule has 2 N–H and O–H groups in total. The van der Waals surface area contributed by atoms with Crippen LogP contribution in [-0.4, -0.2) is 32.3 Å². The Morgan fingerprint density at radius 2 is 1.79 bits per heavy atom. The second-order valence-electron chi connectivity index (χ2n) is 7.95. The topological polar surface area (TPSA) is 88.9 Å². The standard InChI is InChI=1S/C24H28ClN5O2S/c1-5-16-8-6-7-9-19(16)26-20(31)14-33-24-29-28-22(30(24)4)21(15(2)3)27-23(32)17-10-12-18(25)13-11-17/h6-13,15,21H,5,14H2,1-4H3,(H,26,31)(H,27,32)/t21-/m0/s1. The van der Waals surface area contributed by atoms with Gasteiger partial charge >= 0.3 is 0 Å². The molecule has 9 heteroatoms. The molecule has 33 heavy (non-hydrogen) atoms. The van der Waals surface area contributed by atoms with Crippen LogP contribution in [0.1, 0.15) is 48.6 Å². The Balaban J connectivity index is 1.66. The number of halogens is 1. The molecule has 2 amide bonds. The third-order valence-electron chi connectivity index (χ3n) is 5.21. The molecule has 0 fully saturated rings. The number of aryl methyl sites for hydroxylation is 1. The van der Waals surface area contributed by atoms with Crippen molar-refractivity contribution in [3.8, 4) is 0 Å². The molecule has 174 valence electrons. The van der Waals surface area contributed by atoms with Gasteiger partial charge in [0.05, 0.1) is 11.8 Å². The van der Waals surface area contributed by atoms with Gasteiger partial charge < -0.3 is 15.2 Å². The number of aromatic nitrogens is 3. The molecular formula is C24H28ClN5O2S. The Morgan fingerprint density at radius 1 is 1.09 bits per heavy atom. The van der Waals surface area contributed by atoms with Crippen LogP contribution in [0.2, 0.25) is 5.02 Å². The van der Waals surface area contributed by atoms with Crippen LogP contribution in [0.3, 0.4) is 0 Å². The zero-order valence-electron chi connectivity index (χ0n) is 19.1. The van der Waals surface area contributed by atoms with Crippen molar-refractivity contribution >= 4 is 40.9 Å². The summed E-state index contributed by atoms with van der Waals surface area (Å²) in [6.45, 7) is 6.07. The summed E-state index contributed by atoms with van der Waals surface area (Å²) in [6.07, 6.45) is 0.842. The number of hydrogen-bond donors (Lipinski definition) is 2. The second kappa shape index (κ2) is 11.3. The first-order chi connectivity index (χ1) is 15.8. The Hall–Kier alpha value is -2.84. The molecule has 0 bridgehead atoms. The number of amides is 2. The summed E-state index contributed by atoms with van der Waals surface area (Å²) in [6, 6.07) is 14.2. The third-order valence-corrected chi connectivity index (χ3v) is 6.48. The van der Waals surface area contributed by atoms with Crippen molar-refractivity contribution in [2.45, 2.75) is 38.4 Å². The fraction of sp³-hybridized carbons (Fsp3) is 0.333. The highest BCUT2D eigenvalue weighted by Gasteiger charge is 2.25. The molecule has 3 aromatic rings. The van der Waals surface area contributed by atoms with E-state index in [2.05, 4.69) is 27.8 Å². The van der Waals surface area contributed by atoms with Crippen LogP contribution in [0.25, 0.3) is 0 Å². The molecule has 0 unspecified atom stereocenters. The number of benzene rings is 2. The van der Waals surface area contributed by atoms with E-state index in [1.54, 1.807) is 24.3 Å². The van der Waals surface area contributed by atoms with Gasteiger partial charge in [-0.3, -0.25) is 9.59 Å². The van der Waals surface area contributed by atoms with Crippen molar-refractivity contribution in [3.05, 3.63) is 70.5 Å². The lowest BCUT2D eigenvalue weighted by Gasteiger charge is -2.21. The van der Waals surface area contributed by atoms with E-state index in [-0.39, 0.29) is 29.5 Å². The maximum atomic E-state index is 12.7. The van der Waals surface area contributed by atoms with Gasteiger partial charge in [0.1, 0.15) is 0 Å². The van der Waals surface area contributed by atoms with Crippen LogP contribution in [-0.2, 0) is 18.3 Å². The molecule has 0 saturated heterocycles. The van der Waals surface area contributed by atoms with Crippen LogP contribution in [0, 0.1) is 5.92 Å². The Bertz CT molecular complexity index is 1110. The van der Waals surface area contributed by atoms with Gasteiger partial charge in [0, 0.05) is 23.3 Å². The summed E-state index contributed by atoms with van der Waals surface area (Å²) >= 11 is 7.22. The van der Waals surface area contributed by atoms with E-state index in [1.165, 1.54) is 11.8 Å². The van der Waals surface area contributed by atoms with Gasteiger partial charge in [-0.05, 0) is 48.2 Å². The number of carbonyl (C=O) groups excluding carboxylic acids is 2. The fourth-order valence-electron chi connectivity index (χ4n) is 3.34. The van der Waals surface area contributed by atoms with Crippen LogP contribution in [0.15, 0.2) is 53.7 Å². The predicted octanol–water partition coefficient (Wildman–Crippen LogP) is 4.89. The van der Waals surface area contributed by atoms with Crippen molar-refractivity contribution in [2.75, 3.05) is 11.1 Å². The van der Waals surface area contributed by atoms with Crippen LogP contribution >= 0.6 is 23.4 Å². The molecule has 0 radical (unpaired) electrons. The Kier molecular flexibility index (Phi) is 8.52. The number of thioether (sulfide) groups is 1. The summed E-state index contributed by atoms with van der Waals surface area (Å²) in [5.74, 6) is 0.592. The largest absolute Gasteiger partial charge is 0.342 e. The third kappa shape index (κ3) is 6.36. The van der Waals surface area contributed by atoms with Gasteiger partial charge in [0.15, 0.2) is 11.0 Å². The van der Waals surface area contributed by atoms with E-state index in [0.717, 1.165) is 17.7 Å². The van der Waals surface area contributed by atoms with Crippen molar-refractivity contribution in [1.82, 2.24) is 20.1 Å². The minimum Gasteiger partial charge on any atom is -0.342 e.